The number of rotatable bonds is 3. The molecule has 0 saturated carbocycles. The van der Waals surface area contributed by atoms with Gasteiger partial charge in [-0.2, -0.15) is 0 Å². The van der Waals surface area contributed by atoms with Gasteiger partial charge in [-0.1, -0.05) is 0 Å². The number of nitrogens with two attached hydrogens (primary N) is 1. The molecule has 3 N–H and O–H groups in total. The number of amides is 1. The van der Waals surface area contributed by atoms with Crippen molar-refractivity contribution in [2.75, 3.05) is 18.2 Å². The zero-order valence-corrected chi connectivity index (χ0v) is 11.8. The fraction of sp³-hybridized carbons (Fsp3) is 0.0769. The highest BCUT2D eigenvalue weighted by Gasteiger charge is 2.09. The molecule has 0 aliphatic rings. The summed E-state index contributed by atoms with van der Waals surface area (Å²) in [6.45, 7) is 0. The molecule has 0 fully saturated rings. The van der Waals surface area contributed by atoms with E-state index in [1.165, 1.54) is 6.20 Å². The van der Waals surface area contributed by atoms with Crippen LogP contribution in [0.5, 0.6) is 5.75 Å². The van der Waals surface area contributed by atoms with E-state index in [4.69, 9.17) is 10.5 Å². The first-order valence-corrected chi connectivity index (χ1v) is 6.26. The summed E-state index contributed by atoms with van der Waals surface area (Å²) >= 11 is 3.29. The molecule has 19 heavy (non-hydrogen) atoms. The lowest BCUT2D eigenvalue weighted by molar-refractivity contribution is 0.102. The van der Waals surface area contributed by atoms with Gasteiger partial charge in [0.1, 0.15) is 11.6 Å². The Morgan fingerprint density at radius 1 is 1.37 bits per heavy atom. The maximum atomic E-state index is 12.0. The quantitative estimate of drug-likeness (QED) is 0.911. The Balaban J connectivity index is 2.15. The van der Waals surface area contributed by atoms with Crippen LogP contribution in [0, 0.1) is 0 Å². The minimum absolute atomic E-state index is 0.249. The molecule has 1 heterocycles. The number of nitrogen functional groups attached to an aromatic ring is 1. The number of halogens is 1. The number of anilines is 2. The number of aromatic nitrogens is 1. The van der Waals surface area contributed by atoms with Crippen LogP contribution in [0.2, 0.25) is 0 Å². The van der Waals surface area contributed by atoms with Crippen LogP contribution in [0.3, 0.4) is 0 Å². The summed E-state index contributed by atoms with van der Waals surface area (Å²) in [5.74, 6) is 0.874. The van der Waals surface area contributed by atoms with Crippen molar-refractivity contribution in [3.63, 3.8) is 0 Å². The van der Waals surface area contributed by atoms with Crippen LogP contribution in [0.15, 0.2) is 41.0 Å². The van der Waals surface area contributed by atoms with E-state index in [2.05, 4.69) is 26.2 Å². The van der Waals surface area contributed by atoms with Crippen LogP contribution in [-0.4, -0.2) is 18.0 Å². The lowest BCUT2D eigenvalue weighted by atomic mass is 10.2. The second-order valence-electron chi connectivity index (χ2n) is 3.78. The van der Waals surface area contributed by atoms with Crippen LogP contribution < -0.4 is 15.8 Å². The van der Waals surface area contributed by atoms with Crippen molar-refractivity contribution in [1.82, 2.24) is 4.98 Å². The molecule has 5 nitrogen and oxygen atoms in total. The van der Waals surface area contributed by atoms with Gasteiger partial charge in [-0.15, -0.1) is 0 Å². The number of ether oxygens (including phenoxy) is 1. The predicted molar refractivity (Wildman–Crippen MR) is 77.3 cm³/mol. The SMILES string of the molecule is COc1ccc(C(=O)Nc2ncc(N)cc2Br)cc1. The molecular formula is C13H12BrN3O2. The monoisotopic (exact) mass is 321 g/mol. The van der Waals surface area contributed by atoms with Gasteiger partial charge in [-0.3, -0.25) is 4.79 Å². The van der Waals surface area contributed by atoms with Crippen molar-refractivity contribution >= 4 is 33.3 Å². The average Bonchev–Trinajstić information content (AvgIpc) is 2.42. The second kappa shape index (κ2) is 5.71. The number of carbonyl (C=O) groups excluding carboxylic acids is 1. The van der Waals surface area contributed by atoms with Gasteiger partial charge < -0.3 is 15.8 Å². The number of nitrogens with one attached hydrogen (secondary N) is 1. The molecule has 0 unspecified atom stereocenters. The van der Waals surface area contributed by atoms with Gasteiger partial charge in [0.2, 0.25) is 0 Å². The third kappa shape index (κ3) is 3.23. The van der Waals surface area contributed by atoms with E-state index < -0.39 is 0 Å². The van der Waals surface area contributed by atoms with Crippen LogP contribution in [0.1, 0.15) is 10.4 Å². The van der Waals surface area contributed by atoms with E-state index in [1.807, 2.05) is 0 Å². The molecule has 0 radical (unpaired) electrons. The normalized spacial score (nSPS) is 10.0. The summed E-state index contributed by atoms with van der Waals surface area (Å²) in [7, 11) is 1.57. The van der Waals surface area contributed by atoms with Gasteiger partial charge in [0.25, 0.3) is 5.91 Å². The number of carbonyl (C=O) groups is 1. The number of pyridine rings is 1. The molecule has 0 bridgehead atoms. The molecule has 2 rings (SSSR count). The van der Waals surface area contributed by atoms with E-state index in [-0.39, 0.29) is 5.91 Å². The number of methoxy groups -OCH3 is 1. The third-order valence-corrected chi connectivity index (χ3v) is 3.05. The highest BCUT2D eigenvalue weighted by atomic mass is 79.9. The summed E-state index contributed by atoms with van der Waals surface area (Å²) in [6, 6.07) is 8.48. The molecule has 1 aromatic heterocycles. The van der Waals surface area contributed by atoms with E-state index in [0.29, 0.717) is 27.3 Å². The van der Waals surface area contributed by atoms with E-state index in [0.717, 1.165) is 0 Å². The van der Waals surface area contributed by atoms with Crippen molar-refractivity contribution in [2.24, 2.45) is 0 Å². The Labute approximate surface area is 118 Å². The molecule has 0 aliphatic heterocycles. The molecular weight excluding hydrogens is 310 g/mol. The Hall–Kier alpha value is -2.08. The molecule has 0 atom stereocenters. The topological polar surface area (TPSA) is 77.2 Å². The summed E-state index contributed by atoms with van der Waals surface area (Å²) in [6.07, 6.45) is 1.48. The molecule has 0 spiro atoms. The number of nitrogens with zero attached hydrogens (tertiary/aromatic N) is 1. The molecule has 1 aromatic carbocycles. The molecule has 1 amide bonds. The minimum Gasteiger partial charge on any atom is -0.497 e. The molecule has 2 aromatic rings. The Bertz CT molecular complexity index is 599. The Kier molecular flexibility index (Phi) is 4.01. The van der Waals surface area contributed by atoms with E-state index in [1.54, 1.807) is 37.4 Å². The minimum atomic E-state index is -0.249. The first-order valence-electron chi connectivity index (χ1n) is 5.46. The van der Waals surface area contributed by atoms with Crippen LogP contribution >= 0.6 is 15.9 Å². The number of hydrogen-bond acceptors (Lipinski definition) is 4. The van der Waals surface area contributed by atoms with Gasteiger partial charge in [0, 0.05) is 5.56 Å². The average molecular weight is 322 g/mol. The van der Waals surface area contributed by atoms with Crippen molar-refractivity contribution in [3.8, 4) is 5.75 Å². The molecule has 98 valence electrons. The number of hydrogen-bond donors (Lipinski definition) is 2. The Morgan fingerprint density at radius 2 is 2.05 bits per heavy atom. The van der Waals surface area contributed by atoms with Crippen LogP contribution in [0.25, 0.3) is 0 Å². The molecule has 0 aliphatic carbocycles. The third-order valence-electron chi connectivity index (χ3n) is 2.45. The molecule has 0 saturated heterocycles. The first kappa shape index (κ1) is 13.4. The fourth-order valence-corrected chi connectivity index (χ4v) is 1.93. The maximum Gasteiger partial charge on any atom is 0.256 e. The Morgan fingerprint density at radius 3 is 2.63 bits per heavy atom. The zero-order valence-electron chi connectivity index (χ0n) is 10.2. The highest BCUT2D eigenvalue weighted by molar-refractivity contribution is 9.10. The highest BCUT2D eigenvalue weighted by Crippen LogP contribution is 2.22. The van der Waals surface area contributed by atoms with Crippen molar-refractivity contribution in [1.29, 1.82) is 0 Å². The van der Waals surface area contributed by atoms with Gasteiger partial charge in [0.15, 0.2) is 0 Å². The summed E-state index contributed by atoms with van der Waals surface area (Å²) in [4.78, 5) is 16.1. The summed E-state index contributed by atoms with van der Waals surface area (Å²) in [5, 5.41) is 2.70. The second-order valence-corrected chi connectivity index (χ2v) is 4.64. The van der Waals surface area contributed by atoms with E-state index in [9.17, 15) is 4.79 Å². The van der Waals surface area contributed by atoms with Crippen LogP contribution in [0.4, 0.5) is 11.5 Å². The van der Waals surface area contributed by atoms with Crippen molar-refractivity contribution in [3.05, 3.63) is 46.6 Å². The van der Waals surface area contributed by atoms with Gasteiger partial charge in [-0.05, 0) is 46.3 Å². The summed E-state index contributed by atoms with van der Waals surface area (Å²) in [5.41, 5.74) is 6.62. The van der Waals surface area contributed by atoms with Crippen LogP contribution in [-0.2, 0) is 0 Å². The number of benzene rings is 1. The zero-order chi connectivity index (χ0) is 13.8. The summed E-state index contributed by atoms with van der Waals surface area (Å²) < 4.78 is 5.67. The van der Waals surface area contributed by atoms with Crippen molar-refractivity contribution in [2.45, 2.75) is 0 Å². The fourth-order valence-electron chi connectivity index (χ4n) is 1.47. The van der Waals surface area contributed by atoms with E-state index >= 15 is 0 Å². The maximum absolute atomic E-state index is 12.0. The lowest BCUT2D eigenvalue weighted by Gasteiger charge is -2.07. The largest absolute Gasteiger partial charge is 0.497 e. The van der Waals surface area contributed by atoms with Crippen molar-refractivity contribution < 1.29 is 9.53 Å². The molecule has 6 heteroatoms. The van der Waals surface area contributed by atoms with Gasteiger partial charge in [0.05, 0.1) is 23.5 Å². The lowest BCUT2D eigenvalue weighted by Crippen LogP contribution is -2.13. The predicted octanol–water partition coefficient (Wildman–Crippen LogP) is 2.69. The standard InChI is InChI=1S/C13H12BrN3O2/c1-19-10-4-2-8(3-5-10)13(18)17-12-11(14)6-9(15)7-16-12/h2-7H,15H2,1H3,(H,16,17,18). The van der Waals surface area contributed by atoms with Gasteiger partial charge >= 0.3 is 0 Å². The van der Waals surface area contributed by atoms with Gasteiger partial charge in [-0.25, -0.2) is 4.98 Å². The smallest absolute Gasteiger partial charge is 0.256 e. The first-order chi connectivity index (χ1) is 9.10.